The highest BCUT2D eigenvalue weighted by Crippen LogP contribution is 2.41. The first-order valence-electron chi connectivity index (χ1n) is 9.11. The Morgan fingerprint density at radius 2 is 1.33 bits per heavy atom. The smallest absolute Gasteiger partial charge is 0.122 e. The largest absolute Gasteiger partial charge is 0.507 e. The molecular weight excluding hydrogens is 330 g/mol. The zero-order valence-electron chi connectivity index (χ0n) is 14.8. The normalized spacial score (nSPS) is 17.5. The fourth-order valence-electron chi connectivity index (χ4n) is 4.07. The van der Waals surface area contributed by atoms with Crippen LogP contribution in [0.15, 0.2) is 78.9 Å². The molecule has 0 amide bonds. The molecule has 3 N–H and O–H groups in total. The van der Waals surface area contributed by atoms with Gasteiger partial charge in [-0.3, -0.25) is 0 Å². The first-order chi connectivity index (χ1) is 13.2. The third-order valence-electron chi connectivity index (χ3n) is 5.34. The van der Waals surface area contributed by atoms with Gasteiger partial charge in [-0.05, 0) is 50.4 Å². The van der Waals surface area contributed by atoms with E-state index in [0.717, 1.165) is 16.7 Å². The Morgan fingerprint density at radius 3 is 2.07 bits per heavy atom. The molecule has 2 heteroatoms. The summed E-state index contributed by atoms with van der Waals surface area (Å²) < 4.78 is 0. The molecular formula is C25H19NO. The van der Waals surface area contributed by atoms with Crippen LogP contribution in [-0.2, 0) is 0 Å². The number of aromatic hydroxyl groups is 1. The summed E-state index contributed by atoms with van der Waals surface area (Å²) in [6.45, 7) is 0. The van der Waals surface area contributed by atoms with Crippen LogP contribution in [0.5, 0.6) is 5.75 Å². The first-order valence-corrected chi connectivity index (χ1v) is 9.11. The number of benzene rings is 4. The minimum Gasteiger partial charge on any atom is -0.507 e. The Labute approximate surface area is 157 Å². The topological polar surface area (TPSA) is 46.2 Å². The number of nitrogens with two attached hydrogens (primary N) is 1. The summed E-state index contributed by atoms with van der Waals surface area (Å²) in [6.07, 6.45) is 6.19. The van der Waals surface area contributed by atoms with Gasteiger partial charge in [-0.15, -0.1) is 0 Å². The summed E-state index contributed by atoms with van der Waals surface area (Å²) in [5, 5.41) is 15.1. The highest BCUT2D eigenvalue weighted by molar-refractivity contribution is 6.18. The molecule has 5 rings (SSSR count). The van der Waals surface area contributed by atoms with Crippen LogP contribution < -0.4 is 5.73 Å². The van der Waals surface area contributed by atoms with Crippen molar-refractivity contribution in [3.8, 4) is 5.75 Å². The van der Waals surface area contributed by atoms with Crippen molar-refractivity contribution in [1.29, 1.82) is 0 Å². The Morgan fingerprint density at radius 1 is 0.741 bits per heavy atom. The van der Waals surface area contributed by atoms with Crippen molar-refractivity contribution >= 4 is 39.3 Å². The predicted octanol–water partition coefficient (Wildman–Crippen LogP) is 5.59. The van der Waals surface area contributed by atoms with Crippen LogP contribution in [0.3, 0.4) is 0 Å². The lowest BCUT2D eigenvalue weighted by molar-refractivity contribution is 0.474. The lowest BCUT2D eigenvalue weighted by Crippen LogP contribution is -2.22. The van der Waals surface area contributed by atoms with E-state index in [9.17, 15) is 5.11 Å². The summed E-state index contributed by atoms with van der Waals surface area (Å²) in [6, 6.07) is 24.1. The van der Waals surface area contributed by atoms with Crippen LogP contribution in [0.25, 0.3) is 39.3 Å². The second-order valence-electron chi connectivity index (χ2n) is 6.92. The molecule has 2 nitrogen and oxygen atoms in total. The van der Waals surface area contributed by atoms with Gasteiger partial charge in [0.1, 0.15) is 5.75 Å². The van der Waals surface area contributed by atoms with Crippen molar-refractivity contribution in [2.24, 2.45) is 5.73 Å². The van der Waals surface area contributed by atoms with Crippen LogP contribution in [0, 0.1) is 0 Å². The average Bonchev–Trinajstić information content (AvgIpc) is 2.71. The molecule has 0 aromatic heterocycles. The highest BCUT2D eigenvalue weighted by atomic mass is 16.3. The molecule has 0 spiro atoms. The summed E-state index contributed by atoms with van der Waals surface area (Å²) >= 11 is 0. The van der Waals surface area contributed by atoms with E-state index >= 15 is 0 Å². The second-order valence-corrected chi connectivity index (χ2v) is 6.92. The lowest BCUT2D eigenvalue weighted by Gasteiger charge is -2.24. The van der Waals surface area contributed by atoms with Crippen LogP contribution in [0.4, 0.5) is 0 Å². The van der Waals surface area contributed by atoms with Gasteiger partial charge in [0.05, 0.1) is 0 Å². The zero-order chi connectivity index (χ0) is 18.4. The molecule has 4 aromatic carbocycles. The Balaban J connectivity index is 1.92. The molecule has 130 valence electrons. The maximum Gasteiger partial charge on any atom is 0.122 e. The fraction of sp³-hybridized carbons (Fsp3) is 0.0400. The molecule has 1 atom stereocenters. The quantitative estimate of drug-likeness (QED) is 0.440. The van der Waals surface area contributed by atoms with Gasteiger partial charge in [0.2, 0.25) is 0 Å². The molecule has 0 radical (unpaired) electrons. The number of fused-ring (bicyclic) bond motifs is 6. The van der Waals surface area contributed by atoms with Gasteiger partial charge in [-0.2, -0.15) is 0 Å². The second kappa shape index (κ2) is 6.11. The summed E-state index contributed by atoms with van der Waals surface area (Å²) in [5.41, 5.74) is 10.6. The van der Waals surface area contributed by atoms with Crippen LogP contribution in [0.2, 0.25) is 0 Å². The maximum atomic E-state index is 10.3. The van der Waals surface area contributed by atoms with Gasteiger partial charge >= 0.3 is 0 Å². The Kier molecular flexibility index (Phi) is 3.59. The standard InChI is InChI=1S/C25H19NO/c26-23-14-13-21-19-10-3-2-8-17(19)18-9-4-5-11-20(18)25(21)22(23)15-16-7-1-6-12-24(16)27/h1-15,23,27H,26H2. The van der Waals surface area contributed by atoms with Crippen molar-refractivity contribution in [3.05, 3.63) is 95.6 Å². The van der Waals surface area contributed by atoms with Gasteiger partial charge < -0.3 is 10.8 Å². The molecule has 1 aliphatic rings. The number of phenols is 1. The summed E-state index contributed by atoms with van der Waals surface area (Å²) in [4.78, 5) is 0. The Bertz CT molecular complexity index is 1250. The van der Waals surface area contributed by atoms with E-state index in [4.69, 9.17) is 5.73 Å². The van der Waals surface area contributed by atoms with Crippen LogP contribution in [0.1, 0.15) is 16.7 Å². The summed E-state index contributed by atoms with van der Waals surface area (Å²) in [5.74, 6) is 0.262. The minimum atomic E-state index is -0.221. The van der Waals surface area contributed by atoms with Crippen LogP contribution in [-0.4, -0.2) is 11.1 Å². The predicted molar refractivity (Wildman–Crippen MR) is 114 cm³/mol. The summed E-state index contributed by atoms with van der Waals surface area (Å²) in [7, 11) is 0. The molecule has 27 heavy (non-hydrogen) atoms. The number of hydrogen-bond acceptors (Lipinski definition) is 2. The van der Waals surface area contributed by atoms with E-state index in [1.807, 2.05) is 30.4 Å². The molecule has 1 unspecified atom stereocenters. The maximum absolute atomic E-state index is 10.3. The van der Waals surface area contributed by atoms with E-state index in [-0.39, 0.29) is 11.8 Å². The molecule has 0 aliphatic heterocycles. The monoisotopic (exact) mass is 349 g/mol. The van der Waals surface area contributed by atoms with Gasteiger partial charge in [-0.25, -0.2) is 0 Å². The van der Waals surface area contributed by atoms with Gasteiger partial charge in [0.25, 0.3) is 0 Å². The average molecular weight is 349 g/mol. The molecule has 0 fully saturated rings. The van der Waals surface area contributed by atoms with E-state index in [1.165, 1.54) is 27.1 Å². The SMILES string of the molecule is NC1C=Cc2c(c3ccccc3c3ccccc23)C1=Cc1ccccc1O. The number of rotatable bonds is 1. The van der Waals surface area contributed by atoms with Gasteiger partial charge in [0, 0.05) is 11.6 Å². The zero-order valence-corrected chi connectivity index (χ0v) is 14.8. The van der Waals surface area contributed by atoms with Crippen molar-refractivity contribution in [1.82, 2.24) is 0 Å². The number of hydrogen-bond donors (Lipinski definition) is 2. The lowest BCUT2D eigenvalue weighted by atomic mass is 9.81. The first kappa shape index (κ1) is 15.9. The minimum absolute atomic E-state index is 0.221. The molecule has 0 heterocycles. The van der Waals surface area contributed by atoms with Crippen molar-refractivity contribution in [3.63, 3.8) is 0 Å². The fourth-order valence-corrected chi connectivity index (χ4v) is 4.07. The molecule has 0 saturated carbocycles. The number of phenolic OH excluding ortho intramolecular Hbond substituents is 1. The molecule has 4 aromatic rings. The van der Waals surface area contributed by atoms with E-state index < -0.39 is 0 Å². The van der Waals surface area contributed by atoms with Crippen molar-refractivity contribution in [2.45, 2.75) is 6.04 Å². The van der Waals surface area contributed by atoms with Crippen molar-refractivity contribution < 1.29 is 5.11 Å². The van der Waals surface area contributed by atoms with E-state index in [2.05, 4.69) is 54.6 Å². The van der Waals surface area contributed by atoms with E-state index in [0.29, 0.717) is 0 Å². The molecule has 1 aliphatic carbocycles. The van der Waals surface area contributed by atoms with Gasteiger partial charge in [0.15, 0.2) is 0 Å². The molecule has 0 saturated heterocycles. The third kappa shape index (κ3) is 2.46. The number of para-hydroxylation sites is 1. The highest BCUT2D eigenvalue weighted by Gasteiger charge is 2.22. The third-order valence-corrected chi connectivity index (χ3v) is 5.34. The van der Waals surface area contributed by atoms with Crippen LogP contribution >= 0.6 is 0 Å². The molecule has 0 bridgehead atoms. The van der Waals surface area contributed by atoms with Gasteiger partial charge in [-0.1, -0.05) is 78.9 Å². The van der Waals surface area contributed by atoms with Crippen molar-refractivity contribution in [2.75, 3.05) is 0 Å². The Hall–Kier alpha value is -3.36. The van der Waals surface area contributed by atoms with E-state index in [1.54, 1.807) is 6.07 Å².